The Balaban J connectivity index is 1.70. The van der Waals surface area contributed by atoms with Gasteiger partial charge in [-0.15, -0.1) is 0 Å². The van der Waals surface area contributed by atoms with Gasteiger partial charge in [-0.3, -0.25) is 10.1 Å². The highest BCUT2D eigenvalue weighted by atomic mass is 16.6. The van der Waals surface area contributed by atoms with Gasteiger partial charge in [-0.25, -0.2) is 15.4 Å². The number of hydrogen-bond donors (Lipinski definition) is 3. The Morgan fingerprint density at radius 1 is 0.875 bits per heavy atom. The first-order chi connectivity index (χ1) is 15.5. The summed E-state index contributed by atoms with van der Waals surface area (Å²) in [4.78, 5) is 19.3. The summed E-state index contributed by atoms with van der Waals surface area (Å²) in [5.74, 6) is 0.0574. The molecule has 0 radical (unpaired) electrons. The van der Waals surface area contributed by atoms with Crippen molar-refractivity contribution in [3.63, 3.8) is 0 Å². The molecule has 1 heterocycles. The van der Waals surface area contributed by atoms with Crippen LogP contribution >= 0.6 is 0 Å². The molecular formula is C23H17N5O4. The van der Waals surface area contributed by atoms with Gasteiger partial charge in [0.05, 0.1) is 22.5 Å². The monoisotopic (exact) mass is 427 g/mol. The molecule has 4 aromatic rings. The molecule has 32 heavy (non-hydrogen) atoms. The van der Waals surface area contributed by atoms with E-state index < -0.39 is 4.92 Å². The van der Waals surface area contributed by atoms with E-state index >= 15 is 0 Å². The lowest BCUT2D eigenvalue weighted by Crippen LogP contribution is -2.00. The largest absolute Gasteiger partial charge is 0.507 e. The third-order valence-electron chi connectivity index (χ3n) is 4.57. The summed E-state index contributed by atoms with van der Waals surface area (Å²) in [5, 5.41) is 35.2. The maximum absolute atomic E-state index is 11.0. The first-order valence-corrected chi connectivity index (χ1v) is 9.50. The third kappa shape index (κ3) is 4.51. The van der Waals surface area contributed by atoms with E-state index in [1.165, 1.54) is 24.4 Å². The minimum absolute atomic E-state index is 0.0705. The Hall–Kier alpha value is -4.79. The lowest BCUT2D eigenvalue weighted by atomic mass is 10.1. The minimum atomic E-state index is -0.560. The van der Waals surface area contributed by atoms with Crippen LogP contribution in [0.15, 0.2) is 84.0 Å². The van der Waals surface area contributed by atoms with Crippen LogP contribution in [0, 0.1) is 10.1 Å². The van der Waals surface area contributed by atoms with Crippen LogP contribution in [-0.4, -0.2) is 31.3 Å². The fraction of sp³-hybridized carbons (Fsp3) is 0. The summed E-state index contributed by atoms with van der Waals surface area (Å²) in [6.07, 6.45) is 1.24. The van der Waals surface area contributed by atoms with Crippen LogP contribution in [-0.2, 0) is 0 Å². The van der Waals surface area contributed by atoms with Gasteiger partial charge in [-0.05, 0) is 24.3 Å². The van der Waals surface area contributed by atoms with Gasteiger partial charge in [0.2, 0.25) is 5.95 Å². The second-order valence-electron chi connectivity index (χ2n) is 6.72. The van der Waals surface area contributed by atoms with Crippen LogP contribution in [0.25, 0.3) is 22.5 Å². The van der Waals surface area contributed by atoms with Gasteiger partial charge in [-0.2, -0.15) is 5.10 Å². The molecule has 158 valence electrons. The van der Waals surface area contributed by atoms with Gasteiger partial charge in [0, 0.05) is 28.8 Å². The number of non-ortho nitro benzene ring substituents is 1. The Morgan fingerprint density at radius 3 is 2.34 bits per heavy atom. The van der Waals surface area contributed by atoms with Crippen molar-refractivity contribution in [2.24, 2.45) is 5.10 Å². The van der Waals surface area contributed by atoms with E-state index in [0.29, 0.717) is 17.0 Å². The Morgan fingerprint density at radius 2 is 1.59 bits per heavy atom. The molecule has 1 aromatic heterocycles. The van der Waals surface area contributed by atoms with Crippen LogP contribution in [0.3, 0.4) is 0 Å². The highest BCUT2D eigenvalue weighted by Gasteiger charge is 2.12. The maximum atomic E-state index is 11.0. The van der Waals surface area contributed by atoms with E-state index in [2.05, 4.69) is 20.5 Å². The molecular weight excluding hydrogens is 410 g/mol. The van der Waals surface area contributed by atoms with Crippen molar-refractivity contribution >= 4 is 17.9 Å². The SMILES string of the molecule is O=[N+]([O-])c1ccc(O)c(/C=N/Nc2nc(-c3ccccc3)cc(-c3ccccc3O)n2)c1. The standard InChI is InChI=1S/C23H17N5O4/c29-21-11-10-17(28(31)32)12-16(21)14-24-27-23-25-19(15-6-2-1-3-7-15)13-20(26-23)18-8-4-5-9-22(18)30/h1-14,29-30H,(H,25,26,27)/b24-14+. The molecule has 0 amide bonds. The molecule has 0 aliphatic rings. The third-order valence-corrected chi connectivity index (χ3v) is 4.57. The zero-order chi connectivity index (χ0) is 22.5. The first-order valence-electron chi connectivity index (χ1n) is 9.50. The van der Waals surface area contributed by atoms with Crippen LogP contribution in [0.2, 0.25) is 0 Å². The number of nitrogens with zero attached hydrogens (tertiary/aromatic N) is 4. The Labute approximate surface area is 182 Å². The van der Waals surface area contributed by atoms with Crippen molar-refractivity contribution in [2.75, 3.05) is 5.43 Å². The van der Waals surface area contributed by atoms with Crippen LogP contribution in [0.4, 0.5) is 11.6 Å². The molecule has 0 saturated heterocycles. The number of benzene rings is 3. The van der Waals surface area contributed by atoms with E-state index in [4.69, 9.17) is 0 Å². The summed E-state index contributed by atoms with van der Waals surface area (Å²) < 4.78 is 0. The summed E-state index contributed by atoms with van der Waals surface area (Å²) in [5.41, 5.74) is 5.13. The van der Waals surface area contributed by atoms with Crippen molar-refractivity contribution in [2.45, 2.75) is 0 Å². The normalized spacial score (nSPS) is 10.9. The second-order valence-corrected chi connectivity index (χ2v) is 6.72. The first kappa shape index (κ1) is 20.5. The van der Waals surface area contributed by atoms with E-state index in [1.807, 2.05) is 30.3 Å². The number of nitrogens with one attached hydrogen (secondary N) is 1. The summed E-state index contributed by atoms with van der Waals surface area (Å²) >= 11 is 0. The summed E-state index contributed by atoms with van der Waals surface area (Å²) in [7, 11) is 0. The number of rotatable bonds is 6. The number of phenolic OH excluding ortho intramolecular Hbond substituents is 2. The molecule has 9 heteroatoms. The molecule has 0 bridgehead atoms. The molecule has 4 rings (SSSR count). The number of para-hydroxylation sites is 1. The minimum Gasteiger partial charge on any atom is -0.507 e. The quantitative estimate of drug-likeness (QED) is 0.233. The van der Waals surface area contributed by atoms with E-state index in [1.54, 1.807) is 30.3 Å². The molecule has 0 atom stereocenters. The number of anilines is 1. The Kier molecular flexibility index (Phi) is 5.71. The van der Waals surface area contributed by atoms with Crippen molar-refractivity contribution in [1.29, 1.82) is 0 Å². The van der Waals surface area contributed by atoms with Crippen LogP contribution < -0.4 is 5.43 Å². The van der Waals surface area contributed by atoms with Crippen molar-refractivity contribution in [3.05, 3.63) is 94.5 Å². The molecule has 3 aromatic carbocycles. The predicted molar refractivity (Wildman–Crippen MR) is 121 cm³/mol. The fourth-order valence-corrected chi connectivity index (χ4v) is 3.00. The maximum Gasteiger partial charge on any atom is 0.270 e. The summed E-state index contributed by atoms with van der Waals surface area (Å²) in [6, 6.07) is 21.6. The number of nitro groups is 1. The number of aromatic hydroxyl groups is 2. The van der Waals surface area contributed by atoms with Crippen molar-refractivity contribution in [1.82, 2.24) is 9.97 Å². The average molecular weight is 427 g/mol. The fourth-order valence-electron chi connectivity index (χ4n) is 3.00. The number of nitro benzene ring substituents is 1. The van der Waals surface area contributed by atoms with Crippen molar-refractivity contribution in [3.8, 4) is 34.0 Å². The van der Waals surface area contributed by atoms with Gasteiger partial charge in [0.25, 0.3) is 5.69 Å². The molecule has 0 saturated carbocycles. The number of hydrazone groups is 1. The predicted octanol–water partition coefficient (Wildman–Crippen LogP) is 4.58. The zero-order valence-electron chi connectivity index (χ0n) is 16.6. The van der Waals surface area contributed by atoms with Gasteiger partial charge in [-0.1, -0.05) is 42.5 Å². The smallest absolute Gasteiger partial charge is 0.270 e. The van der Waals surface area contributed by atoms with Gasteiger partial charge in [0.1, 0.15) is 11.5 Å². The van der Waals surface area contributed by atoms with Gasteiger partial charge >= 0.3 is 0 Å². The topological polar surface area (TPSA) is 134 Å². The number of aromatic nitrogens is 2. The molecule has 0 aliphatic carbocycles. The van der Waals surface area contributed by atoms with Crippen LogP contribution in [0.1, 0.15) is 5.56 Å². The van der Waals surface area contributed by atoms with Gasteiger partial charge in [0.15, 0.2) is 0 Å². The molecule has 0 fully saturated rings. The summed E-state index contributed by atoms with van der Waals surface area (Å²) in [6.45, 7) is 0. The van der Waals surface area contributed by atoms with E-state index in [-0.39, 0.29) is 28.7 Å². The van der Waals surface area contributed by atoms with Crippen LogP contribution in [0.5, 0.6) is 11.5 Å². The zero-order valence-corrected chi connectivity index (χ0v) is 16.6. The Bertz CT molecular complexity index is 1310. The molecule has 0 unspecified atom stereocenters. The van der Waals surface area contributed by atoms with Crippen molar-refractivity contribution < 1.29 is 15.1 Å². The molecule has 0 aliphatic heterocycles. The highest BCUT2D eigenvalue weighted by Crippen LogP contribution is 2.30. The van der Waals surface area contributed by atoms with E-state index in [9.17, 15) is 20.3 Å². The molecule has 0 spiro atoms. The second kappa shape index (κ2) is 8.92. The lowest BCUT2D eigenvalue weighted by Gasteiger charge is -2.09. The van der Waals surface area contributed by atoms with Gasteiger partial charge < -0.3 is 10.2 Å². The van der Waals surface area contributed by atoms with E-state index in [0.717, 1.165) is 5.56 Å². The number of hydrogen-bond acceptors (Lipinski definition) is 8. The molecule has 3 N–H and O–H groups in total. The number of phenols is 2. The lowest BCUT2D eigenvalue weighted by molar-refractivity contribution is -0.384. The highest BCUT2D eigenvalue weighted by molar-refractivity contribution is 5.85. The molecule has 9 nitrogen and oxygen atoms in total. The average Bonchev–Trinajstić information content (AvgIpc) is 2.81.